The lowest BCUT2D eigenvalue weighted by Gasteiger charge is -2.22. The van der Waals surface area contributed by atoms with E-state index in [1.807, 2.05) is 66.7 Å². The zero-order valence-electron chi connectivity index (χ0n) is 20.7. The number of para-hydroxylation sites is 1. The Hall–Kier alpha value is -4.58. The standard InChI is InChI=1S/C32H25ClN4O/c33-28(26-13-12-24-9-5-17-36-29(24)22-26)21-23-6-3-8-27(20-23)30(10-1-2-15-34)37-18-14-25-7-4-11-31(32(25)37)38-19-16-35/h3-9,11-14,17-18,20-22,30H,1-2,10,19H2. The predicted molar refractivity (Wildman–Crippen MR) is 153 cm³/mol. The predicted octanol–water partition coefficient (Wildman–Crippen LogP) is 8.11. The van der Waals surface area contributed by atoms with Gasteiger partial charge in [-0.25, -0.2) is 0 Å². The van der Waals surface area contributed by atoms with Gasteiger partial charge in [-0.15, -0.1) is 0 Å². The van der Waals surface area contributed by atoms with Gasteiger partial charge in [0.1, 0.15) is 11.8 Å². The number of fused-ring (bicyclic) bond motifs is 2. The van der Waals surface area contributed by atoms with Crippen LogP contribution in [0.2, 0.25) is 0 Å². The summed E-state index contributed by atoms with van der Waals surface area (Å²) in [5, 5.41) is 21.0. The van der Waals surface area contributed by atoms with Crippen molar-refractivity contribution in [2.24, 2.45) is 0 Å². The number of rotatable bonds is 9. The van der Waals surface area contributed by atoms with E-state index in [1.54, 1.807) is 6.20 Å². The molecule has 0 aliphatic rings. The van der Waals surface area contributed by atoms with Gasteiger partial charge >= 0.3 is 0 Å². The fraction of sp³-hybridized carbons (Fsp3) is 0.156. The molecule has 5 rings (SSSR count). The van der Waals surface area contributed by atoms with Gasteiger partial charge in [0.05, 0.1) is 23.1 Å². The largest absolute Gasteiger partial charge is 0.477 e. The van der Waals surface area contributed by atoms with E-state index in [4.69, 9.17) is 21.6 Å². The number of hydrogen-bond acceptors (Lipinski definition) is 4. The van der Waals surface area contributed by atoms with Crippen molar-refractivity contribution < 1.29 is 4.74 Å². The summed E-state index contributed by atoms with van der Waals surface area (Å²) in [5.74, 6) is 0.670. The van der Waals surface area contributed by atoms with Crippen LogP contribution in [-0.2, 0) is 0 Å². The molecular weight excluding hydrogens is 492 g/mol. The molecule has 0 aliphatic carbocycles. The number of hydrogen-bond donors (Lipinski definition) is 0. The molecule has 0 bridgehead atoms. The summed E-state index contributed by atoms with van der Waals surface area (Å²) in [5.41, 5.74) is 4.83. The average molecular weight is 517 g/mol. The highest BCUT2D eigenvalue weighted by Crippen LogP contribution is 2.35. The van der Waals surface area contributed by atoms with Crippen LogP contribution in [0.15, 0.2) is 91.3 Å². The third kappa shape index (κ3) is 5.39. The lowest BCUT2D eigenvalue weighted by Crippen LogP contribution is -2.11. The first kappa shape index (κ1) is 25.1. The normalized spacial score (nSPS) is 12.2. The van der Waals surface area contributed by atoms with Gasteiger partial charge in [0.25, 0.3) is 0 Å². The van der Waals surface area contributed by atoms with E-state index in [9.17, 15) is 5.26 Å². The maximum atomic E-state index is 9.18. The molecule has 5 nitrogen and oxygen atoms in total. The van der Waals surface area contributed by atoms with Gasteiger partial charge < -0.3 is 9.30 Å². The van der Waals surface area contributed by atoms with Crippen molar-refractivity contribution in [1.29, 1.82) is 10.5 Å². The van der Waals surface area contributed by atoms with Crippen LogP contribution in [0.25, 0.3) is 32.9 Å². The number of aromatic nitrogens is 2. The molecule has 1 atom stereocenters. The fourth-order valence-electron chi connectivity index (χ4n) is 4.81. The topological polar surface area (TPSA) is 74.6 Å². The Bertz CT molecular complexity index is 1710. The number of ether oxygens (including phenoxy) is 1. The molecule has 0 N–H and O–H groups in total. The molecule has 0 saturated carbocycles. The molecule has 3 aromatic carbocycles. The average Bonchev–Trinajstić information content (AvgIpc) is 3.38. The summed E-state index contributed by atoms with van der Waals surface area (Å²) in [4.78, 5) is 4.44. The Kier molecular flexibility index (Phi) is 7.69. The summed E-state index contributed by atoms with van der Waals surface area (Å²) in [6.45, 7) is -0.0214. The molecule has 0 amide bonds. The number of pyridine rings is 1. The van der Waals surface area contributed by atoms with Gasteiger partial charge in [-0.3, -0.25) is 4.98 Å². The Morgan fingerprint density at radius 1 is 0.974 bits per heavy atom. The zero-order valence-corrected chi connectivity index (χ0v) is 21.5. The second-order valence-corrected chi connectivity index (χ2v) is 9.41. The Balaban J connectivity index is 1.53. The van der Waals surface area contributed by atoms with Crippen LogP contribution < -0.4 is 4.74 Å². The van der Waals surface area contributed by atoms with Crippen LogP contribution in [0, 0.1) is 22.7 Å². The van der Waals surface area contributed by atoms with Crippen LogP contribution in [-0.4, -0.2) is 16.2 Å². The van der Waals surface area contributed by atoms with Crippen molar-refractivity contribution in [1.82, 2.24) is 9.55 Å². The third-order valence-electron chi connectivity index (χ3n) is 6.57. The van der Waals surface area contributed by atoms with Crippen molar-refractivity contribution in [2.75, 3.05) is 6.61 Å². The summed E-state index contributed by atoms with van der Waals surface area (Å²) in [6, 6.07) is 30.5. The highest BCUT2D eigenvalue weighted by molar-refractivity contribution is 6.51. The highest BCUT2D eigenvalue weighted by Gasteiger charge is 2.18. The molecule has 0 aliphatic heterocycles. The molecule has 0 radical (unpaired) electrons. The molecule has 186 valence electrons. The summed E-state index contributed by atoms with van der Waals surface area (Å²) >= 11 is 6.77. The van der Waals surface area contributed by atoms with E-state index in [1.165, 1.54) is 0 Å². The van der Waals surface area contributed by atoms with E-state index in [-0.39, 0.29) is 12.6 Å². The monoisotopic (exact) mass is 516 g/mol. The molecule has 2 aromatic heterocycles. The van der Waals surface area contributed by atoms with Gasteiger partial charge in [-0.2, -0.15) is 10.5 Å². The molecule has 1 unspecified atom stereocenters. The Labute approximate surface area is 226 Å². The van der Waals surface area contributed by atoms with Crippen molar-refractivity contribution in [3.8, 4) is 17.9 Å². The minimum absolute atomic E-state index is 0.0214. The van der Waals surface area contributed by atoms with Crippen LogP contribution in [0.4, 0.5) is 0 Å². The minimum atomic E-state index is -0.0234. The molecule has 38 heavy (non-hydrogen) atoms. The van der Waals surface area contributed by atoms with Crippen LogP contribution in [0.5, 0.6) is 5.75 Å². The Morgan fingerprint density at radius 3 is 2.71 bits per heavy atom. The van der Waals surface area contributed by atoms with E-state index in [2.05, 4.69) is 46.1 Å². The third-order valence-corrected chi connectivity index (χ3v) is 6.90. The molecule has 0 spiro atoms. The SMILES string of the molecule is N#CCCCC(c1cccc(C=C(Cl)c2ccc3cccnc3c2)c1)n1ccc2cccc(OCC#N)c21. The molecule has 6 heteroatoms. The molecule has 0 fully saturated rings. The lowest BCUT2D eigenvalue weighted by molar-refractivity contribution is 0.369. The zero-order chi connectivity index (χ0) is 26.3. The number of halogens is 1. The van der Waals surface area contributed by atoms with Crippen LogP contribution in [0.3, 0.4) is 0 Å². The summed E-state index contributed by atoms with van der Waals surface area (Å²) < 4.78 is 7.96. The fourth-order valence-corrected chi connectivity index (χ4v) is 5.06. The molecule has 2 heterocycles. The minimum Gasteiger partial charge on any atom is -0.477 e. The molecule has 5 aromatic rings. The van der Waals surface area contributed by atoms with Crippen molar-refractivity contribution in [3.63, 3.8) is 0 Å². The first-order valence-corrected chi connectivity index (χ1v) is 12.8. The highest BCUT2D eigenvalue weighted by atomic mass is 35.5. The van der Waals surface area contributed by atoms with Crippen LogP contribution >= 0.6 is 11.6 Å². The van der Waals surface area contributed by atoms with E-state index < -0.39 is 0 Å². The van der Waals surface area contributed by atoms with E-state index in [0.29, 0.717) is 17.2 Å². The first-order chi connectivity index (χ1) is 18.7. The molecule has 0 saturated heterocycles. The second kappa shape index (κ2) is 11.6. The van der Waals surface area contributed by atoms with Crippen molar-refractivity contribution >= 4 is 44.5 Å². The van der Waals surface area contributed by atoms with Crippen molar-refractivity contribution in [2.45, 2.75) is 25.3 Å². The number of nitriles is 2. The van der Waals surface area contributed by atoms with Gasteiger partial charge in [0.15, 0.2) is 6.61 Å². The van der Waals surface area contributed by atoms with Gasteiger partial charge in [-0.1, -0.05) is 60.1 Å². The van der Waals surface area contributed by atoms with E-state index in [0.717, 1.165) is 51.3 Å². The smallest absolute Gasteiger partial charge is 0.174 e. The Morgan fingerprint density at radius 2 is 1.84 bits per heavy atom. The van der Waals surface area contributed by atoms with E-state index >= 15 is 0 Å². The number of nitrogens with zero attached hydrogens (tertiary/aromatic N) is 4. The van der Waals surface area contributed by atoms with Gasteiger partial charge in [0.2, 0.25) is 0 Å². The number of benzene rings is 3. The maximum Gasteiger partial charge on any atom is 0.174 e. The maximum absolute atomic E-state index is 9.18. The van der Waals surface area contributed by atoms with Crippen LogP contribution in [0.1, 0.15) is 42.0 Å². The summed E-state index contributed by atoms with van der Waals surface area (Å²) in [6.07, 6.45) is 7.82. The summed E-state index contributed by atoms with van der Waals surface area (Å²) in [7, 11) is 0. The first-order valence-electron chi connectivity index (χ1n) is 12.5. The number of unbranched alkanes of at least 4 members (excludes halogenated alkanes) is 1. The lowest BCUT2D eigenvalue weighted by atomic mass is 9.98. The second-order valence-electron chi connectivity index (χ2n) is 9.00. The quantitative estimate of drug-likeness (QED) is 0.146. The van der Waals surface area contributed by atoms with Crippen molar-refractivity contribution in [3.05, 3.63) is 108 Å². The molecular formula is C32H25ClN4O. The van der Waals surface area contributed by atoms with Gasteiger partial charge in [-0.05, 0) is 65.9 Å². The van der Waals surface area contributed by atoms with Gasteiger partial charge in [0, 0.05) is 34.6 Å².